The van der Waals surface area contributed by atoms with E-state index < -0.39 is 0 Å². The molecule has 0 aliphatic carbocycles. The van der Waals surface area contributed by atoms with E-state index >= 15 is 0 Å². The van der Waals surface area contributed by atoms with Gasteiger partial charge in [-0.2, -0.15) is 0 Å². The minimum atomic E-state index is -0.323. The molecule has 0 saturated heterocycles. The fourth-order valence-corrected chi connectivity index (χ4v) is 3.77. The lowest BCUT2D eigenvalue weighted by Crippen LogP contribution is -2.44. The zero-order chi connectivity index (χ0) is 20.4. The number of amides is 2. The maximum absolute atomic E-state index is 13.5. The first-order chi connectivity index (χ1) is 14.1. The number of carbonyl (C=O) groups excluding carboxylic acids is 1. The summed E-state index contributed by atoms with van der Waals surface area (Å²) in [7, 11) is 3.08. The van der Waals surface area contributed by atoms with Crippen molar-refractivity contribution in [3.05, 3.63) is 77.9 Å². The summed E-state index contributed by atoms with van der Waals surface area (Å²) >= 11 is 0. The van der Waals surface area contributed by atoms with Gasteiger partial charge in [0, 0.05) is 25.0 Å². The van der Waals surface area contributed by atoms with E-state index in [1.54, 1.807) is 42.3 Å². The summed E-state index contributed by atoms with van der Waals surface area (Å²) < 4.78 is 26.3. The van der Waals surface area contributed by atoms with Crippen molar-refractivity contribution < 1.29 is 18.7 Å². The van der Waals surface area contributed by atoms with Gasteiger partial charge in [-0.05, 0) is 42.0 Å². The molecule has 1 aliphatic heterocycles. The Morgan fingerprint density at radius 3 is 2.55 bits per heavy atom. The molecule has 29 heavy (non-hydrogen) atoms. The van der Waals surface area contributed by atoms with E-state index in [0.29, 0.717) is 30.3 Å². The van der Waals surface area contributed by atoms with Gasteiger partial charge in [-0.15, -0.1) is 0 Å². The van der Waals surface area contributed by atoms with Crippen molar-refractivity contribution in [3.63, 3.8) is 0 Å². The van der Waals surface area contributed by atoms with Crippen LogP contribution >= 0.6 is 0 Å². The molecule has 1 N–H and O–H groups in total. The van der Waals surface area contributed by atoms with Crippen LogP contribution in [0.15, 0.2) is 60.8 Å². The van der Waals surface area contributed by atoms with Crippen LogP contribution in [0.5, 0.6) is 11.5 Å². The van der Waals surface area contributed by atoms with Crippen LogP contribution in [0.1, 0.15) is 17.3 Å². The third-order valence-electron chi connectivity index (χ3n) is 5.13. The molecule has 3 aromatic rings. The molecule has 1 aliphatic rings. The highest BCUT2D eigenvalue weighted by atomic mass is 19.1. The van der Waals surface area contributed by atoms with Gasteiger partial charge in [-0.3, -0.25) is 0 Å². The average Bonchev–Trinajstić information content (AvgIpc) is 3.22. The number of hydrogen-bond donors (Lipinski definition) is 1. The highest BCUT2D eigenvalue weighted by Gasteiger charge is 2.32. The first-order valence-electron chi connectivity index (χ1n) is 9.31. The Hall–Kier alpha value is -3.48. The van der Waals surface area contributed by atoms with Gasteiger partial charge in [0.1, 0.15) is 5.82 Å². The van der Waals surface area contributed by atoms with Crippen molar-refractivity contribution in [1.29, 1.82) is 0 Å². The number of ether oxygens (including phenoxy) is 2. The second kappa shape index (κ2) is 7.87. The second-order valence-electron chi connectivity index (χ2n) is 6.75. The number of halogens is 1. The first kappa shape index (κ1) is 18.9. The van der Waals surface area contributed by atoms with Gasteiger partial charge < -0.3 is 24.3 Å². The first-order valence-corrected chi connectivity index (χ1v) is 9.31. The molecule has 6 nitrogen and oxygen atoms in total. The van der Waals surface area contributed by atoms with Crippen LogP contribution in [0.2, 0.25) is 0 Å². The standard InChI is InChI=1S/C22H22FN3O3/c1-28-19-7-3-5-17(21(19)29-2)24-22(27)26-14-13-25-12-4-6-18(25)20(26)15-8-10-16(23)11-9-15/h3-12,20H,13-14H2,1-2H3,(H,24,27)/t20-/m1/s1. The molecule has 2 aromatic carbocycles. The summed E-state index contributed by atoms with van der Waals surface area (Å²) in [6.45, 7) is 1.20. The quantitative estimate of drug-likeness (QED) is 0.717. The molecule has 2 amide bonds. The number of nitrogens with one attached hydrogen (secondary N) is 1. The number of fused-ring (bicyclic) bond motifs is 1. The summed E-state index contributed by atoms with van der Waals surface area (Å²) in [5, 5.41) is 2.94. The number of nitrogens with zero attached hydrogens (tertiary/aromatic N) is 2. The van der Waals surface area contributed by atoms with Crippen LogP contribution in [-0.2, 0) is 6.54 Å². The number of carbonyl (C=O) groups is 1. The molecule has 0 saturated carbocycles. The Kier molecular flexibility index (Phi) is 5.12. The maximum Gasteiger partial charge on any atom is 0.322 e. The van der Waals surface area contributed by atoms with E-state index in [1.807, 2.05) is 18.3 Å². The van der Waals surface area contributed by atoms with Gasteiger partial charge in [-0.1, -0.05) is 18.2 Å². The molecule has 2 heterocycles. The zero-order valence-electron chi connectivity index (χ0n) is 16.3. The fourth-order valence-electron chi connectivity index (χ4n) is 3.77. The Morgan fingerprint density at radius 1 is 1.03 bits per heavy atom. The van der Waals surface area contributed by atoms with Gasteiger partial charge in [-0.25, -0.2) is 9.18 Å². The fraction of sp³-hybridized carbons (Fsp3) is 0.227. The number of methoxy groups -OCH3 is 2. The third-order valence-corrected chi connectivity index (χ3v) is 5.13. The lowest BCUT2D eigenvalue weighted by molar-refractivity contribution is 0.181. The lowest BCUT2D eigenvalue weighted by Gasteiger charge is -2.37. The summed E-state index contributed by atoms with van der Waals surface area (Å²) in [5.41, 5.74) is 2.35. The van der Waals surface area contributed by atoms with Crippen molar-refractivity contribution in [2.45, 2.75) is 12.6 Å². The highest BCUT2D eigenvalue weighted by molar-refractivity contribution is 5.92. The molecule has 4 rings (SSSR count). The van der Waals surface area contributed by atoms with E-state index in [4.69, 9.17) is 9.47 Å². The second-order valence-corrected chi connectivity index (χ2v) is 6.75. The summed E-state index contributed by atoms with van der Waals surface area (Å²) in [6, 6.07) is 14.9. The van der Waals surface area contributed by atoms with Crippen molar-refractivity contribution in [3.8, 4) is 11.5 Å². The number of benzene rings is 2. The molecular formula is C22H22FN3O3. The van der Waals surface area contributed by atoms with Crippen molar-refractivity contribution in [2.75, 3.05) is 26.1 Å². The lowest BCUT2D eigenvalue weighted by atomic mass is 10.0. The topological polar surface area (TPSA) is 55.7 Å². The Bertz CT molecular complexity index is 1020. The van der Waals surface area contributed by atoms with Crippen LogP contribution < -0.4 is 14.8 Å². The van der Waals surface area contributed by atoms with Gasteiger partial charge in [0.15, 0.2) is 11.5 Å². The SMILES string of the molecule is COc1cccc(NC(=O)N2CCn3cccc3[C@H]2c2ccc(F)cc2)c1OC. The predicted molar refractivity (Wildman–Crippen MR) is 108 cm³/mol. The van der Waals surface area contributed by atoms with Crippen LogP contribution in [0.4, 0.5) is 14.9 Å². The van der Waals surface area contributed by atoms with E-state index in [9.17, 15) is 9.18 Å². The van der Waals surface area contributed by atoms with E-state index in [2.05, 4.69) is 9.88 Å². The van der Waals surface area contributed by atoms with Gasteiger partial charge >= 0.3 is 6.03 Å². The largest absolute Gasteiger partial charge is 0.493 e. The molecular weight excluding hydrogens is 373 g/mol. The molecule has 0 fully saturated rings. The number of para-hydroxylation sites is 1. The molecule has 7 heteroatoms. The Balaban J connectivity index is 1.68. The van der Waals surface area contributed by atoms with Crippen molar-refractivity contribution in [1.82, 2.24) is 9.47 Å². The van der Waals surface area contributed by atoms with Gasteiger partial charge in [0.25, 0.3) is 0 Å². The van der Waals surface area contributed by atoms with E-state index in [1.165, 1.54) is 19.2 Å². The normalized spacial score (nSPS) is 15.6. The molecule has 0 bridgehead atoms. The highest BCUT2D eigenvalue weighted by Crippen LogP contribution is 2.37. The molecule has 0 spiro atoms. The van der Waals surface area contributed by atoms with E-state index in [0.717, 1.165) is 11.3 Å². The Morgan fingerprint density at radius 2 is 1.83 bits per heavy atom. The maximum atomic E-state index is 13.5. The molecule has 150 valence electrons. The Labute approximate surface area is 168 Å². The van der Waals surface area contributed by atoms with Crippen LogP contribution in [-0.4, -0.2) is 36.3 Å². The van der Waals surface area contributed by atoms with Gasteiger partial charge in [0.2, 0.25) is 0 Å². The third kappa shape index (κ3) is 3.51. The molecule has 0 unspecified atom stereocenters. The number of urea groups is 1. The minimum absolute atomic E-state index is 0.265. The van der Waals surface area contributed by atoms with Crippen LogP contribution in [0, 0.1) is 5.82 Å². The van der Waals surface area contributed by atoms with E-state index in [-0.39, 0.29) is 17.9 Å². The number of anilines is 1. The van der Waals surface area contributed by atoms with Crippen molar-refractivity contribution in [2.24, 2.45) is 0 Å². The van der Waals surface area contributed by atoms with Crippen molar-refractivity contribution >= 4 is 11.7 Å². The molecule has 1 atom stereocenters. The van der Waals surface area contributed by atoms with Crippen LogP contribution in [0.25, 0.3) is 0 Å². The average molecular weight is 395 g/mol. The van der Waals surface area contributed by atoms with Crippen LogP contribution in [0.3, 0.4) is 0 Å². The molecule has 0 radical (unpaired) electrons. The number of hydrogen-bond acceptors (Lipinski definition) is 3. The summed E-state index contributed by atoms with van der Waals surface area (Å²) in [5.74, 6) is 0.687. The zero-order valence-corrected chi connectivity index (χ0v) is 16.3. The summed E-state index contributed by atoms with van der Waals surface area (Å²) in [6.07, 6.45) is 1.99. The number of rotatable bonds is 4. The minimum Gasteiger partial charge on any atom is -0.493 e. The smallest absolute Gasteiger partial charge is 0.322 e. The monoisotopic (exact) mass is 395 g/mol. The number of aromatic nitrogens is 1. The summed E-state index contributed by atoms with van der Waals surface area (Å²) in [4.78, 5) is 15.0. The molecule has 1 aromatic heterocycles. The predicted octanol–water partition coefficient (Wildman–Crippen LogP) is 4.28. The van der Waals surface area contributed by atoms with Gasteiger partial charge in [0.05, 0.1) is 25.9 Å².